The lowest BCUT2D eigenvalue weighted by molar-refractivity contribution is 0.873. The van der Waals surface area contributed by atoms with Gasteiger partial charge in [0.15, 0.2) is 0 Å². The van der Waals surface area contributed by atoms with Crippen molar-refractivity contribution >= 4 is 11.4 Å². The first kappa shape index (κ1) is 13.3. The summed E-state index contributed by atoms with van der Waals surface area (Å²) in [4.78, 5) is 10.9. The van der Waals surface area contributed by atoms with Crippen LogP contribution in [0.4, 0.5) is 11.4 Å². The second-order valence-electron chi connectivity index (χ2n) is 4.59. The first-order chi connectivity index (χ1) is 9.19. The van der Waals surface area contributed by atoms with Crippen molar-refractivity contribution in [3.8, 4) is 0 Å². The highest BCUT2D eigenvalue weighted by atomic mass is 15.1. The van der Waals surface area contributed by atoms with Crippen LogP contribution in [0, 0.1) is 6.92 Å². The van der Waals surface area contributed by atoms with Crippen LogP contribution >= 0.6 is 0 Å². The van der Waals surface area contributed by atoms with E-state index in [9.17, 15) is 0 Å². The second kappa shape index (κ2) is 6.18. The zero-order valence-corrected chi connectivity index (χ0v) is 11.7. The maximum Gasteiger partial charge on any atom is 0.0600 e. The molecule has 0 atom stereocenters. The van der Waals surface area contributed by atoms with Gasteiger partial charge in [0.05, 0.1) is 36.0 Å². The highest BCUT2D eigenvalue weighted by Crippen LogP contribution is 2.18. The van der Waals surface area contributed by atoms with Gasteiger partial charge in [0.2, 0.25) is 0 Å². The predicted molar refractivity (Wildman–Crippen MR) is 79.5 cm³/mol. The number of aryl methyl sites for hydroxylation is 1. The molecule has 2 aromatic heterocycles. The fraction of sp³-hybridized carbons (Fsp3) is 0.333. The maximum atomic E-state index is 4.52. The van der Waals surface area contributed by atoms with E-state index in [1.54, 1.807) is 0 Å². The smallest absolute Gasteiger partial charge is 0.0600 e. The molecule has 0 aromatic carbocycles. The first-order valence-electron chi connectivity index (χ1n) is 6.51. The van der Waals surface area contributed by atoms with Crippen LogP contribution in [0.15, 0.2) is 36.7 Å². The van der Waals surface area contributed by atoms with E-state index < -0.39 is 0 Å². The number of rotatable bonds is 5. The molecule has 0 amide bonds. The van der Waals surface area contributed by atoms with Crippen molar-refractivity contribution in [3.63, 3.8) is 0 Å². The summed E-state index contributed by atoms with van der Waals surface area (Å²) in [5, 5.41) is 3.27. The second-order valence-corrected chi connectivity index (χ2v) is 4.59. The summed E-state index contributed by atoms with van der Waals surface area (Å²) in [5.41, 5.74) is 4.24. The summed E-state index contributed by atoms with van der Waals surface area (Å²) in [6, 6.07) is 8.20. The van der Waals surface area contributed by atoms with E-state index >= 15 is 0 Å². The molecule has 0 aliphatic rings. The minimum absolute atomic E-state index is 0.777. The molecule has 0 aliphatic carbocycles. The van der Waals surface area contributed by atoms with Gasteiger partial charge in [0.25, 0.3) is 0 Å². The van der Waals surface area contributed by atoms with Gasteiger partial charge >= 0.3 is 0 Å². The highest BCUT2D eigenvalue weighted by molar-refractivity contribution is 5.55. The lowest BCUT2D eigenvalue weighted by Crippen LogP contribution is -2.17. The van der Waals surface area contributed by atoms with Crippen molar-refractivity contribution in [3.05, 3.63) is 48.0 Å². The Morgan fingerprint density at radius 2 is 2.11 bits per heavy atom. The molecule has 0 saturated carbocycles. The largest absolute Gasteiger partial charge is 0.384 e. The number of hydrogen-bond acceptors (Lipinski definition) is 4. The molecule has 0 saturated heterocycles. The Balaban J connectivity index is 2.11. The SMILES string of the molecule is CCNc1cncc(N(C)Cc2cccc(C)n2)c1. The monoisotopic (exact) mass is 256 g/mol. The normalized spacial score (nSPS) is 10.3. The lowest BCUT2D eigenvalue weighted by atomic mass is 10.3. The topological polar surface area (TPSA) is 41.1 Å². The zero-order chi connectivity index (χ0) is 13.7. The van der Waals surface area contributed by atoms with Crippen LogP contribution in [-0.4, -0.2) is 23.6 Å². The third-order valence-corrected chi connectivity index (χ3v) is 2.89. The van der Waals surface area contributed by atoms with Gasteiger partial charge in [-0.25, -0.2) is 0 Å². The summed E-state index contributed by atoms with van der Waals surface area (Å²) < 4.78 is 0. The number of nitrogens with zero attached hydrogens (tertiary/aromatic N) is 3. The van der Waals surface area contributed by atoms with Gasteiger partial charge in [-0.1, -0.05) is 6.07 Å². The highest BCUT2D eigenvalue weighted by Gasteiger charge is 2.04. The molecular weight excluding hydrogens is 236 g/mol. The Bertz CT molecular complexity index is 539. The molecule has 0 unspecified atom stereocenters. The Kier molecular flexibility index (Phi) is 4.34. The lowest BCUT2D eigenvalue weighted by Gasteiger charge is -2.19. The molecular formula is C15H20N4. The van der Waals surface area contributed by atoms with Crippen molar-refractivity contribution in [1.29, 1.82) is 0 Å². The van der Waals surface area contributed by atoms with E-state index in [2.05, 4.69) is 40.2 Å². The van der Waals surface area contributed by atoms with Crippen molar-refractivity contribution in [2.45, 2.75) is 20.4 Å². The minimum Gasteiger partial charge on any atom is -0.384 e. The van der Waals surface area contributed by atoms with Crippen molar-refractivity contribution in [2.75, 3.05) is 23.8 Å². The third-order valence-electron chi connectivity index (χ3n) is 2.89. The van der Waals surface area contributed by atoms with Crippen molar-refractivity contribution < 1.29 is 0 Å². The molecule has 100 valence electrons. The molecule has 4 nitrogen and oxygen atoms in total. The van der Waals surface area contributed by atoms with Crippen LogP contribution in [-0.2, 0) is 6.54 Å². The van der Waals surface area contributed by atoms with Gasteiger partial charge in [-0.15, -0.1) is 0 Å². The minimum atomic E-state index is 0.777. The zero-order valence-electron chi connectivity index (χ0n) is 11.7. The average Bonchev–Trinajstić information content (AvgIpc) is 2.39. The van der Waals surface area contributed by atoms with Crippen molar-refractivity contribution in [2.24, 2.45) is 0 Å². The summed E-state index contributed by atoms with van der Waals surface area (Å²) in [5.74, 6) is 0. The number of pyridine rings is 2. The van der Waals surface area contributed by atoms with E-state index in [-0.39, 0.29) is 0 Å². The molecule has 0 bridgehead atoms. The molecule has 4 heteroatoms. The fourth-order valence-corrected chi connectivity index (χ4v) is 1.96. The van der Waals surface area contributed by atoms with Crippen LogP contribution in [0.3, 0.4) is 0 Å². The molecule has 1 N–H and O–H groups in total. The van der Waals surface area contributed by atoms with Crippen LogP contribution in [0.2, 0.25) is 0 Å². The number of anilines is 2. The van der Waals surface area contributed by atoms with E-state index in [4.69, 9.17) is 0 Å². The Labute approximate surface area is 114 Å². The summed E-state index contributed by atoms with van der Waals surface area (Å²) in [7, 11) is 2.05. The maximum absolute atomic E-state index is 4.52. The van der Waals surface area contributed by atoms with Crippen LogP contribution < -0.4 is 10.2 Å². The van der Waals surface area contributed by atoms with E-state index in [1.807, 2.05) is 37.5 Å². The summed E-state index contributed by atoms with van der Waals surface area (Å²) in [6.07, 6.45) is 3.71. The Morgan fingerprint density at radius 3 is 2.84 bits per heavy atom. The third kappa shape index (κ3) is 3.68. The molecule has 2 rings (SSSR count). The van der Waals surface area contributed by atoms with E-state index in [1.165, 1.54) is 0 Å². The van der Waals surface area contributed by atoms with Crippen LogP contribution in [0.5, 0.6) is 0 Å². The molecule has 0 aliphatic heterocycles. The van der Waals surface area contributed by atoms with Gasteiger partial charge < -0.3 is 10.2 Å². The summed E-state index contributed by atoms with van der Waals surface area (Å²) >= 11 is 0. The Hall–Kier alpha value is -2.10. The predicted octanol–water partition coefficient (Wildman–Crippen LogP) is 2.85. The molecule has 0 fully saturated rings. The summed E-state index contributed by atoms with van der Waals surface area (Å²) in [6.45, 7) is 5.76. The first-order valence-corrected chi connectivity index (χ1v) is 6.51. The van der Waals surface area contributed by atoms with Crippen molar-refractivity contribution in [1.82, 2.24) is 9.97 Å². The molecule has 19 heavy (non-hydrogen) atoms. The van der Waals surface area contributed by atoms with Gasteiger partial charge in [-0.05, 0) is 32.0 Å². The Morgan fingerprint density at radius 1 is 1.26 bits per heavy atom. The van der Waals surface area contributed by atoms with E-state index in [0.717, 1.165) is 35.9 Å². The molecule has 2 heterocycles. The molecule has 0 spiro atoms. The van der Waals surface area contributed by atoms with Gasteiger partial charge in [0.1, 0.15) is 0 Å². The van der Waals surface area contributed by atoms with Gasteiger partial charge in [-0.2, -0.15) is 0 Å². The van der Waals surface area contributed by atoms with Gasteiger partial charge in [0, 0.05) is 19.3 Å². The quantitative estimate of drug-likeness (QED) is 0.893. The number of nitrogens with one attached hydrogen (secondary N) is 1. The standard InChI is InChI=1S/C15H20N4/c1-4-17-14-8-15(10-16-9-14)19(3)11-13-7-5-6-12(2)18-13/h5-10,17H,4,11H2,1-3H3. The van der Waals surface area contributed by atoms with E-state index in [0.29, 0.717) is 0 Å². The number of hydrogen-bond donors (Lipinski definition) is 1. The fourth-order valence-electron chi connectivity index (χ4n) is 1.96. The average molecular weight is 256 g/mol. The molecule has 0 radical (unpaired) electrons. The van der Waals surface area contributed by atoms with Crippen LogP contribution in [0.25, 0.3) is 0 Å². The number of aromatic nitrogens is 2. The molecule has 2 aromatic rings. The van der Waals surface area contributed by atoms with Crippen LogP contribution in [0.1, 0.15) is 18.3 Å². The van der Waals surface area contributed by atoms with Gasteiger partial charge in [-0.3, -0.25) is 9.97 Å².